The fraction of sp³-hybridized carbons (Fsp3) is 0.444. The maximum absolute atomic E-state index is 13.0. The highest BCUT2D eigenvalue weighted by Gasteiger charge is 2.44. The molecule has 8 heteroatoms. The first-order valence-corrected chi connectivity index (χ1v) is 12.6. The number of amides is 3. The predicted octanol–water partition coefficient (Wildman–Crippen LogP) is 1.49. The number of hydrogen-bond acceptors (Lipinski definition) is 5. The van der Waals surface area contributed by atoms with Gasteiger partial charge < -0.3 is 20.4 Å². The van der Waals surface area contributed by atoms with Gasteiger partial charge >= 0.3 is 0 Å². The molecule has 35 heavy (non-hydrogen) atoms. The quantitative estimate of drug-likeness (QED) is 0.661. The van der Waals surface area contributed by atoms with Gasteiger partial charge in [-0.1, -0.05) is 36.4 Å². The third-order valence-corrected chi connectivity index (χ3v) is 7.44. The van der Waals surface area contributed by atoms with Gasteiger partial charge in [-0.3, -0.25) is 19.3 Å². The highest BCUT2D eigenvalue weighted by atomic mass is 16.2. The molecule has 0 radical (unpaired) electrons. The fourth-order valence-electron chi connectivity index (χ4n) is 5.51. The molecule has 3 fully saturated rings. The van der Waals surface area contributed by atoms with Crippen LogP contribution in [0.1, 0.15) is 29.6 Å². The van der Waals surface area contributed by atoms with Crippen molar-refractivity contribution in [3.8, 4) is 0 Å². The van der Waals surface area contributed by atoms with E-state index in [1.54, 1.807) is 12.1 Å². The van der Waals surface area contributed by atoms with Crippen LogP contribution in [-0.2, 0) is 9.59 Å². The van der Waals surface area contributed by atoms with Crippen molar-refractivity contribution in [3.05, 3.63) is 66.2 Å². The molecule has 3 amide bonds. The maximum atomic E-state index is 13.0. The Kier molecular flexibility index (Phi) is 6.99. The summed E-state index contributed by atoms with van der Waals surface area (Å²) < 4.78 is 0. The molecule has 3 atom stereocenters. The lowest BCUT2D eigenvalue weighted by Gasteiger charge is -2.38. The number of nitrogens with zero attached hydrogens (tertiary/aromatic N) is 3. The average molecular weight is 476 g/mol. The Morgan fingerprint density at radius 1 is 0.943 bits per heavy atom. The zero-order chi connectivity index (χ0) is 24.2. The molecule has 184 valence electrons. The molecule has 2 N–H and O–H groups in total. The van der Waals surface area contributed by atoms with Crippen LogP contribution in [0.5, 0.6) is 0 Å². The number of para-hydroxylation sites is 1. The summed E-state index contributed by atoms with van der Waals surface area (Å²) in [7, 11) is 0. The van der Waals surface area contributed by atoms with Crippen LogP contribution in [0.15, 0.2) is 60.7 Å². The minimum absolute atomic E-state index is 0.0149. The lowest BCUT2D eigenvalue weighted by molar-refractivity contribution is -0.132. The summed E-state index contributed by atoms with van der Waals surface area (Å²) in [5.41, 5.74) is 1.82. The van der Waals surface area contributed by atoms with E-state index in [4.69, 9.17) is 0 Å². The van der Waals surface area contributed by atoms with E-state index in [1.165, 1.54) is 5.69 Å². The Balaban J connectivity index is 1.12. The predicted molar refractivity (Wildman–Crippen MR) is 134 cm³/mol. The number of nitrogens with one attached hydrogen (secondary N) is 2. The van der Waals surface area contributed by atoms with Crippen LogP contribution in [0.3, 0.4) is 0 Å². The van der Waals surface area contributed by atoms with E-state index in [2.05, 4.69) is 32.6 Å². The summed E-state index contributed by atoms with van der Waals surface area (Å²) in [6.45, 7) is 4.32. The van der Waals surface area contributed by atoms with E-state index in [0.717, 1.165) is 26.2 Å². The number of carbonyl (C=O) groups excluding carboxylic acids is 3. The molecule has 0 aliphatic carbocycles. The van der Waals surface area contributed by atoms with Crippen LogP contribution >= 0.6 is 0 Å². The number of benzene rings is 2. The minimum atomic E-state index is -0.251. The highest BCUT2D eigenvalue weighted by Crippen LogP contribution is 2.26. The first kappa shape index (κ1) is 23.4. The van der Waals surface area contributed by atoms with Gasteiger partial charge in [0.15, 0.2) is 0 Å². The van der Waals surface area contributed by atoms with Crippen LogP contribution in [0.2, 0.25) is 0 Å². The van der Waals surface area contributed by atoms with Gasteiger partial charge in [-0.05, 0) is 37.1 Å². The molecule has 0 spiro atoms. The van der Waals surface area contributed by atoms with Crippen molar-refractivity contribution < 1.29 is 14.4 Å². The summed E-state index contributed by atoms with van der Waals surface area (Å²) in [5, 5.41) is 6.10. The molecule has 3 aliphatic rings. The zero-order valence-electron chi connectivity index (χ0n) is 19.9. The van der Waals surface area contributed by atoms with Crippen LogP contribution in [0.25, 0.3) is 0 Å². The lowest BCUT2D eigenvalue weighted by Crippen LogP contribution is -2.58. The first-order chi connectivity index (χ1) is 17.1. The van der Waals surface area contributed by atoms with Crippen LogP contribution < -0.4 is 15.5 Å². The Labute approximate surface area is 206 Å². The second kappa shape index (κ2) is 10.5. The number of carbonyl (C=O) groups is 3. The largest absolute Gasteiger partial charge is 0.368 e. The van der Waals surface area contributed by atoms with Gasteiger partial charge in [0.2, 0.25) is 11.8 Å². The molecule has 0 saturated carbocycles. The van der Waals surface area contributed by atoms with E-state index in [9.17, 15) is 14.4 Å². The van der Waals surface area contributed by atoms with Crippen LogP contribution in [0, 0.1) is 0 Å². The maximum Gasteiger partial charge on any atom is 0.251 e. The van der Waals surface area contributed by atoms with Crippen LogP contribution in [-0.4, -0.2) is 84.9 Å². The number of anilines is 1. The van der Waals surface area contributed by atoms with Gasteiger partial charge in [-0.2, -0.15) is 0 Å². The molecule has 3 aliphatic heterocycles. The van der Waals surface area contributed by atoms with Crippen molar-refractivity contribution in [1.29, 1.82) is 0 Å². The molecule has 8 nitrogen and oxygen atoms in total. The van der Waals surface area contributed by atoms with Gasteiger partial charge in [0, 0.05) is 69.0 Å². The molecular weight excluding hydrogens is 442 g/mol. The molecule has 3 saturated heterocycles. The van der Waals surface area contributed by atoms with Gasteiger partial charge in [0.1, 0.15) is 0 Å². The Morgan fingerprint density at radius 2 is 1.63 bits per heavy atom. The van der Waals surface area contributed by atoms with Gasteiger partial charge in [-0.15, -0.1) is 0 Å². The van der Waals surface area contributed by atoms with Crippen LogP contribution in [0.4, 0.5) is 5.69 Å². The molecule has 5 rings (SSSR count). The molecule has 0 unspecified atom stereocenters. The summed E-state index contributed by atoms with van der Waals surface area (Å²) in [6, 6.07) is 19.2. The minimum Gasteiger partial charge on any atom is -0.368 e. The van der Waals surface area contributed by atoms with Crippen molar-refractivity contribution in [1.82, 2.24) is 20.4 Å². The van der Waals surface area contributed by atoms with Gasteiger partial charge in [0.25, 0.3) is 5.91 Å². The molecular formula is C27H33N5O3. The third-order valence-electron chi connectivity index (χ3n) is 7.44. The molecule has 2 aromatic rings. The van der Waals surface area contributed by atoms with Crippen molar-refractivity contribution in [3.63, 3.8) is 0 Å². The molecule has 3 heterocycles. The SMILES string of the molecule is O=C(N[C@H]1C[C@H]2C(=O)NC[C@@H](CCC(=O)N3CCN(c4ccccc4)CC3)N2C1)c1ccccc1. The number of piperazine rings is 2. The van der Waals surface area contributed by atoms with E-state index in [0.29, 0.717) is 37.9 Å². The third kappa shape index (κ3) is 5.32. The summed E-state index contributed by atoms with van der Waals surface area (Å²) in [6.07, 6.45) is 1.76. The summed E-state index contributed by atoms with van der Waals surface area (Å²) >= 11 is 0. The van der Waals surface area contributed by atoms with Crippen molar-refractivity contribution in [2.75, 3.05) is 44.2 Å². The number of fused-ring (bicyclic) bond motifs is 1. The van der Waals surface area contributed by atoms with Crippen molar-refractivity contribution >= 4 is 23.4 Å². The molecule has 0 bridgehead atoms. The Hall–Kier alpha value is -3.39. The second-order valence-corrected chi connectivity index (χ2v) is 9.63. The average Bonchev–Trinajstić information content (AvgIpc) is 3.34. The smallest absolute Gasteiger partial charge is 0.251 e. The monoisotopic (exact) mass is 475 g/mol. The highest BCUT2D eigenvalue weighted by molar-refractivity contribution is 5.94. The lowest BCUT2D eigenvalue weighted by atomic mass is 10.0. The van der Waals surface area contributed by atoms with E-state index < -0.39 is 0 Å². The van der Waals surface area contributed by atoms with Crippen molar-refractivity contribution in [2.45, 2.75) is 37.4 Å². The zero-order valence-corrected chi connectivity index (χ0v) is 19.9. The summed E-state index contributed by atoms with van der Waals surface area (Å²) in [4.78, 5) is 44.5. The standard InChI is InChI=1S/C27H33N5O3/c33-25(31-15-13-30(14-16-31)22-9-5-2-6-10-22)12-11-23-18-28-27(35)24-17-21(19-32(23)24)29-26(34)20-7-3-1-4-8-20/h1-10,21,23-24H,11-19H2,(H,28,35)(H,29,34)/t21-,23+,24-/m0/s1. The molecule has 0 aromatic heterocycles. The topological polar surface area (TPSA) is 85.0 Å². The van der Waals surface area contributed by atoms with E-state index in [-0.39, 0.29) is 35.8 Å². The fourth-order valence-corrected chi connectivity index (χ4v) is 5.51. The van der Waals surface area contributed by atoms with Gasteiger partial charge in [0.05, 0.1) is 6.04 Å². The second-order valence-electron chi connectivity index (χ2n) is 9.63. The first-order valence-electron chi connectivity index (χ1n) is 12.6. The van der Waals surface area contributed by atoms with E-state index in [1.807, 2.05) is 41.3 Å². The normalized spacial score (nSPS) is 24.6. The Morgan fingerprint density at radius 3 is 2.34 bits per heavy atom. The number of hydrogen-bond donors (Lipinski definition) is 2. The number of rotatable bonds is 6. The van der Waals surface area contributed by atoms with Gasteiger partial charge in [-0.25, -0.2) is 0 Å². The summed E-state index contributed by atoms with van der Waals surface area (Å²) in [5.74, 6) is 0.0811. The van der Waals surface area contributed by atoms with Crippen molar-refractivity contribution in [2.24, 2.45) is 0 Å². The molecule has 2 aromatic carbocycles. The van der Waals surface area contributed by atoms with E-state index >= 15 is 0 Å². The Bertz CT molecular complexity index is 1040.